The fourth-order valence-electron chi connectivity index (χ4n) is 1.26. The van der Waals surface area contributed by atoms with Crippen molar-refractivity contribution >= 4 is 5.91 Å². The van der Waals surface area contributed by atoms with E-state index in [1.165, 1.54) is 0 Å². The fourth-order valence-corrected chi connectivity index (χ4v) is 1.26. The lowest BCUT2D eigenvalue weighted by molar-refractivity contribution is -0.125. The van der Waals surface area contributed by atoms with Crippen LogP contribution >= 0.6 is 0 Å². The van der Waals surface area contributed by atoms with E-state index in [0.29, 0.717) is 6.54 Å². The smallest absolute Gasteiger partial charge is 0.237 e. The molecule has 5 heteroatoms. The summed E-state index contributed by atoms with van der Waals surface area (Å²) < 4.78 is 4.94. The molecular formula is C9H21N3O2. The summed E-state index contributed by atoms with van der Waals surface area (Å²) in [5.74, 6) is 4.83. The second-order valence-electron chi connectivity index (χ2n) is 3.52. The first-order valence-corrected chi connectivity index (χ1v) is 4.79. The molecule has 0 aliphatic rings. The van der Waals surface area contributed by atoms with E-state index in [-0.39, 0.29) is 11.8 Å². The molecule has 0 fully saturated rings. The highest BCUT2D eigenvalue weighted by atomic mass is 16.5. The maximum absolute atomic E-state index is 11.1. The maximum atomic E-state index is 11.1. The van der Waals surface area contributed by atoms with Crippen LogP contribution in [0.2, 0.25) is 0 Å². The van der Waals surface area contributed by atoms with Crippen molar-refractivity contribution in [3.63, 3.8) is 0 Å². The third-order valence-electron chi connectivity index (χ3n) is 2.06. The van der Waals surface area contributed by atoms with Crippen LogP contribution in [0, 0.1) is 5.92 Å². The molecule has 1 amide bonds. The molecule has 0 saturated carbocycles. The average Bonchev–Trinajstić information content (AvgIpc) is 2.16. The monoisotopic (exact) mass is 203 g/mol. The quantitative estimate of drug-likeness (QED) is 0.255. The lowest BCUT2D eigenvalue weighted by Gasteiger charge is -2.19. The molecule has 0 radical (unpaired) electrons. The number of carbonyl (C=O) groups is 1. The van der Waals surface area contributed by atoms with Crippen LogP contribution in [0.5, 0.6) is 0 Å². The molecule has 0 aliphatic heterocycles. The number of nitrogens with zero attached hydrogens (tertiary/aromatic N) is 1. The third kappa shape index (κ3) is 5.90. The number of amides is 1. The van der Waals surface area contributed by atoms with E-state index in [4.69, 9.17) is 10.6 Å². The average molecular weight is 203 g/mol. The van der Waals surface area contributed by atoms with Crippen LogP contribution in [-0.2, 0) is 9.53 Å². The van der Waals surface area contributed by atoms with E-state index in [9.17, 15) is 4.79 Å². The minimum Gasteiger partial charge on any atom is -0.385 e. The fraction of sp³-hybridized carbons (Fsp3) is 0.889. The van der Waals surface area contributed by atoms with Gasteiger partial charge in [-0.2, -0.15) is 0 Å². The van der Waals surface area contributed by atoms with Crippen molar-refractivity contribution < 1.29 is 9.53 Å². The summed E-state index contributed by atoms with van der Waals surface area (Å²) in [5, 5.41) is 0. The summed E-state index contributed by atoms with van der Waals surface area (Å²) in [6.45, 7) is 4.25. The van der Waals surface area contributed by atoms with E-state index in [1.807, 2.05) is 14.0 Å². The van der Waals surface area contributed by atoms with Crippen molar-refractivity contribution in [2.24, 2.45) is 11.8 Å². The number of methoxy groups -OCH3 is 1. The van der Waals surface area contributed by atoms with Crippen LogP contribution in [0.15, 0.2) is 0 Å². The van der Waals surface area contributed by atoms with Crippen molar-refractivity contribution in [1.82, 2.24) is 10.3 Å². The largest absolute Gasteiger partial charge is 0.385 e. The first-order valence-electron chi connectivity index (χ1n) is 4.79. The molecule has 1 unspecified atom stereocenters. The van der Waals surface area contributed by atoms with Gasteiger partial charge < -0.3 is 9.64 Å². The van der Waals surface area contributed by atoms with E-state index in [0.717, 1.165) is 19.6 Å². The van der Waals surface area contributed by atoms with E-state index < -0.39 is 0 Å². The normalized spacial score (nSPS) is 12.9. The molecule has 0 rings (SSSR count). The zero-order valence-corrected chi connectivity index (χ0v) is 9.25. The third-order valence-corrected chi connectivity index (χ3v) is 2.06. The minimum atomic E-state index is -0.122. The van der Waals surface area contributed by atoms with Gasteiger partial charge in [0.2, 0.25) is 5.91 Å². The van der Waals surface area contributed by atoms with Gasteiger partial charge >= 0.3 is 0 Å². The van der Waals surface area contributed by atoms with E-state index in [1.54, 1.807) is 7.11 Å². The number of nitrogens with one attached hydrogen (secondary N) is 1. The number of rotatable bonds is 7. The van der Waals surface area contributed by atoms with Crippen molar-refractivity contribution in [1.29, 1.82) is 0 Å². The maximum Gasteiger partial charge on any atom is 0.237 e. The van der Waals surface area contributed by atoms with Gasteiger partial charge in [0.15, 0.2) is 0 Å². The van der Waals surface area contributed by atoms with Gasteiger partial charge in [-0.05, 0) is 13.5 Å². The van der Waals surface area contributed by atoms with Crippen molar-refractivity contribution in [2.75, 3.05) is 33.9 Å². The van der Waals surface area contributed by atoms with Crippen molar-refractivity contribution in [2.45, 2.75) is 13.3 Å². The van der Waals surface area contributed by atoms with Crippen LogP contribution in [0.4, 0.5) is 0 Å². The highest BCUT2D eigenvalue weighted by Crippen LogP contribution is 1.98. The number of hydrogen-bond donors (Lipinski definition) is 2. The molecule has 0 aromatic rings. The Morgan fingerprint density at radius 1 is 1.64 bits per heavy atom. The van der Waals surface area contributed by atoms with Gasteiger partial charge in [-0.1, -0.05) is 6.92 Å². The molecule has 0 heterocycles. The van der Waals surface area contributed by atoms with Crippen molar-refractivity contribution in [3.05, 3.63) is 0 Å². The number of ether oxygens (including phenoxy) is 1. The molecule has 0 aliphatic carbocycles. The first-order chi connectivity index (χ1) is 6.61. The molecule has 3 N–H and O–H groups in total. The molecule has 84 valence electrons. The van der Waals surface area contributed by atoms with Gasteiger partial charge in [-0.25, -0.2) is 5.84 Å². The number of hydrazine groups is 1. The summed E-state index contributed by atoms with van der Waals surface area (Å²) in [6.07, 6.45) is 0.976. The Bertz CT molecular complexity index is 164. The Hall–Kier alpha value is -0.650. The minimum absolute atomic E-state index is 0.0763. The molecule has 5 nitrogen and oxygen atoms in total. The highest BCUT2D eigenvalue weighted by molar-refractivity contribution is 5.77. The van der Waals surface area contributed by atoms with Gasteiger partial charge in [0.25, 0.3) is 0 Å². The van der Waals surface area contributed by atoms with Gasteiger partial charge in [0, 0.05) is 32.7 Å². The summed E-state index contributed by atoms with van der Waals surface area (Å²) >= 11 is 0. The Morgan fingerprint density at radius 3 is 2.79 bits per heavy atom. The molecule has 0 aromatic heterocycles. The Kier molecular flexibility index (Phi) is 7.37. The van der Waals surface area contributed by atoms with Crippen molar-refractivity contribution in [3.8, 4) is 0 Å². The Balaban J connectivity index is 3.59. The van der Waals surface area contributed by atoms with Crippen LogP contribution in [0.1, 0.15) is 13.3 Å². The predicted octanol–water partition coefficient (Wildman–Crippen LogP) is -0.419. The number of hydrogen-bond acceptors (Lipinski definition) is 4. The van der Waals surface area contributed by atoms with E-state index >= 15 is 0 Å². The van der Waals surface area contributed by atoms with Gasteiger partial charge in [-0.3, -0.25) is 10.2 Å². The second-order valence-corrected chi connectivity index (χ2v) is 3.52. The Morgan fingerprint density at radius 2 is 2.29 bits per heavy atom. The summed E-state index contributed by atoms with van der Waals surface area (Å²) in [4.78, 5) is 13.2. The summed E-state index contributed by atoms with van der Waals surface area (Å²) in [5.41, 5.74) is 2.15. The summed E-state index contributed by atoms with van der Waals surface area (Å²) in [7, 11) is 3.67. The SMILES string of the molecule is COCCCN(C)CC(C)C(=O)NN. The zero-order chi connectivity index (χ0) is 11.0. The lowest BCUT2D eigenvalue weighted by atomic mass is 10.1. The molecular weight excluding hydrogens is 182 g/mol. The van der Waals surface area contributed by atoms with Crippen LogP contribution in [0.25, 0.3) is 0 Å². The van der Waals surface area contributed by atoms with Crippen LogP contribution < -0.4 is 11.3 Å². The molecule has 0 aromatic carbocycles. The molecule has 14 heavy (non-hydrogen) atoms. The van der Waals surface area contributed by atoms with E-state index in [2.05, 4.69) is 10.3 Å². The van der Waals surface area contributed by atoms with Crippen LogP contribution in [0.3, 0.4) is 0 Å². The molecule has 1 atom stereocenters. The van der Waals surface area contributed by atoms with Gasteiger partial charge in [0.05, 0.1) is 0 Å². The molecule has 0 bridgehead atoms. The molecule has 0 saturated heterocycles. The topological polar surface area (TPSA) is 67.6 Å². The lowest BCUT2D eigenvalue weighted by Crippen LogP contribution is -2.39. The predicted molar refractivity (Wildman–Crippen MR) is 55.5 cm³/mol. The number of nitrogens with two attached hydrogens (primary N) is 1. The number of carbonyl (C=O) groups excluding carboxylic acids is 1. The van der Waals surface area contributed by atoms with Gasteiger partial charge in [0.1, 0.15) is 0 Å². The summed E-state index contributed by atoms with van der Waals surface area (Å²) in [6, 6.07) is 0. The van der Waals surface area contributed by atoms with Gasteiger partial charge in [-0.15, -0.1) is 0 Å². The highest BCUT2D eigenvalue weighted by Gasteiger charge is 2.13. The molecule has 0 spiro atoms. The standard InChI is InChI=1S/C9H21N3O2/c1-8(9(13)11-10)7-12(2)5-4-6-14-3/h8H,4-7,10H2,1-3H3,(H,11,13). The second kappa shape index (κ2) is 7.73. The van der Waals surface area contributed by atoms with Crippen LogP contribution in [-0.4, -0.2) is 44.7 Å². The zero-order valence-electron chi connectivity index (χ0n) is 9.25. The Labute approximate surface area is 85.6 Å². The first kappa shape index (κ1) is 13.4.